The van der Waals surface area contributed by atoms with Crippen LogP contribution in [0.25, 0.3) is 0 Å². The van der Waals surface area contributed by atoms with Gasteiger partial charge in [0.2, 0.25) is 0 Å². The van der Waals surface area contributed by atoms with Crippen molar-refractivity contribution >= 4 is 0 Å². The minimum atomic E-state index is 0.273. The number of rotatable bonds is 3. The molecule has 76 valence electrons. The molecule has 1 unspecified atom stereocenters. The minimum absolute atomic E-state index is 0.273. The zero-order chi connectivity index (χ0) is 9.97. The molecule has 1 aliphatic rings. The molecule has 0 bridgehead atoms. The van der Waals surface area contributed by atoms with E-state index in [1.54, 1.807) is 0 Å². The molecule has 0 spiro atoms. The second-order valence-corrected chi connectivity index (χ2v) is 4.32. The first-order valence-electron chi connectivity index (χ1n) is 5.65. The van der Waals surface area contributed by atoms with E-state index >= 15 is 0 Å². The number of nitrogens with two attached hydrogens (primary N) is 1. The Morgan fingerprint density at radius 3 is 2.79 bits per heavy atom. The van der Waals surface area contributed by atoms with Crippen molar-refractivity contribution in [2.45, 2.75) is 38.6 Å². The van der Waals surface area contributed by atoms with Gasteiger partial charge in [-0.3, -0.25) is 0 Å². The fourth-order valence-corrected chi connectivity index (χ4v) is 2.09. The lowest BCUT2D eigenvalue weighted by Crippen LogP contribution is -2.26. The van der Waals surface area contributed by atoms with Crippen molar-refractivity contribution in [1.29, 1.82) is 0 Å². The second kappa shape index (κ2) is 4.14. The Hall–Kier alpha value is -0.820. The summed E-state index contributed by atoms with van der Waals surface area (Å²) < 4.78 is 0. The summed E-state index contributed by atoms with van der Waals surface area (Å²) in [5.41, 5.74) is 8.95. The Kier molecular flexibility index (Phi) is 2.87. The van der Waals surface area contributed by atoms with Crippen molar-refractivity contribution in [1.82, 2.24) is 0 Å². The van der Waals surface area contributed by atoms with E-state index in [4.69, 9.17) is 5.73 Å². The van der Waals surface area contributed by atoms with Crippen molar-refractivity contribution in [2.75, 3.05) is 0 Å². The van der Waals surface area contributed by atoms with Gasteiger partial charge in [-0.15, -0.1) is 0 Å². The average molecular weight is 189 g/mol. The van der Waals surface area contributed by atoms with E-state index in [0.29, 0.717) is 0 Å². The predicted octanol–water partition coefficient (Wildman–Crippen LogP) is 3.05. The molecule has 0 saturated heterocycles. The molecule has 1 nitrogen and oxygen atoms in total. The SMILES string of the molecule is CCc1cccc(C(N)C2CCC2)c1. The maximum atomic E-state index is 6.22. The van der Waals surface area contributed by atoms with E-state index in [1.807, 2.05) is 0 Å². The van der Waals surface area contributed by atoms with Crippen LogP contribution in [0.3, 0.4) is 0 Å². The molecule has 0 amide bonds. The summed E-state index contributed by atoms with van der Waals surface area (Å²) >= 11 is 0. The van der Waals surface area contributed by atoms with Gasteiger partial charge in [0, 0.05) is 6.04 Å². The second-order valence-electron chi connectivity index (χ2n) is 4.32. The minimum Gasteiger partial charge on any atom is -0.324 e. The van der Waals surface area contributed by atoms with Crippen molar-refractivity contribution in [3.8, 4) is 0 Å². The van der Waals surface area contributed by atoms with E-state index < -0.39 is 0 Å². The molecule has 0 aromatic heterocycles. The van der Waals surface area contributed by atoms with Crippen LogP contribution < -0.4 is 5.73 Å². The Bertz CT molecular complexity index is 302. The van der Waals surface area contributed by atoms with Gasteiger partial charge in [0.15, 0.2) is 0 Å². The molecule has 2 N–H and O–H groups in total. The maximum Gasteiger partial charge on any atom is 0.0323 e. The summed E-state index contributed by atoms with van der Waals surface area (Å²) in [6, 6.07) is 9.02. The van der Waals surface area contributed by atoms with Gasteiger partial charge in [-0.1, -0.05) is 37.6 Å². The van der Waals surface area contributed by atoms with Crippen LogP contribution in [-0.4, -0.2) is 0 Å². The van der Waals surface area contributed by atoms with Gasteiger partial charge in [0.1, 0.15) is 0 Å². The molecule has 0 heterocycles. The quantitative estimate of drug-likeness (QED) is 0.777. The maximum absolute atomic E-state index is 6.22. The number of aryl methyl sites for hydroxylation is 1. The monoisotopic (exact) mass is 189 g/mol. The largest absolute Gasteiger partial charge is 0.324 e. The molecular formula is C13H19N. The summed E-state index contributed by atoms with van der Waals surface area (Å²) in [4.78, 5) is 0. The third-order valence-corrected chi connectivity index (χ3v) is 3.40. The Morgan fingerprint density at radius 2 is 2.21 bits per heavy atom. The average Bonchev–Trinajstić information content (AvgIpc) is 2.15. The summed E-state index contributed by atoms with van der Waals surface area (Å²) in [6.45, 7) is 2.19. The zero-order valence-corrected chi connectivity index (χ0v) is 8.87. The van der Waals surface area contributed by atoms with Gasteiger partial charge in [0.25, 0.3) is 0 Å². The first-order chi connectivity index (χ1) is 6.81. The fourth-order valence-electron chi connectivity index (χ4n) is 2.09. The lowest BCUT2D eigenvalue weighted by Gasteiger charge is -2.31. The first-order valence-corrected chi connectivity index (χ1v) is 5.65. The molecule has 1 heteroatoms. The number of hydrogen-bond donors (Lipinski definition) is 1. The summed E-state index contributed by atoms with van der Waals surface area (Å²) in [7, 11) is 0. The van der Waals surface area contributed by atoms with Crippen LogP contribution in [-0.2, 0) is 6.42 Å². The topological polar surface area (TPSA) is 26.0 Å². The van der Waals surface area contributed by atoms with Crippen molar-refractivity contribution in [3.05, 3.63) is 35.4 Å². The van der Waals surface area contributed by atoms with Gasteiger partial charge in [-0.2, -0.15) is 0 Å². The third-order valence-electron chi connectivity index (χ3n) is 3.40. The Balaban J connectivity index is 2.13. The highest BCUT2D eigenvalue weighted by Gasteiger charge is 2.25. The van der Waals surface area contributed by atoms with Crippen molar-refractivity contribution in [3.63, 3.8) is 0 Å². The zero-order valence-electron chi connectivity index (χ0n) is 8.87. The van der Waals surface area contributed by atoms with Crippen LogP contribution in [0.2, 0.25) is 0 Å². The molecule has 0 aliphatic heterocycles. The van der Waals surface area contributed by atoms with Gasteiger partial charge in [0.05, 0.1) is 0 Å². The summed E-state index contributed by atoms with van der Waals surface area (Å²) in [5.74, 6) is 0.738. The molecular weight excluding hydrogens is 170 g/mol. The highest BCUT2D eigenvalue weighted by atomic mass is 14.7. The van der Waals surface area contributed by atoms with Crippen LogP contribution >= 0.6 is 0 Å². The van der Waals surface area contributed by atoms with E-state index in [1.165, 1.54) is 30.4 Å². The van der Waals surface area contributed by atoms with Crippen LogP contribution in [0, 0.1) is 5.92 Å². The summed E-state index contributed by atoms with van der Waals surface area (Å²) in [5, 5.41) is 0. The molecule has 1 aromatic rings. The smallest absolute Gasteiger partial charge is 0.0323 e. The van der Waals surface area contributed by atoms with Crippen LogP contribution in [0.4, 0.5) is 0 Å². The summed E-state index contributed by atoms with van der Waals surface area (Å²) in [6.07, 6.45) is 5.10. The number of hydrogen-bond acceptors (Lipinski definition) is 1. The van der Waals surface area contributed by atoms with Gasteiger partial charge in [-0.05, 0) is 36.3 Å². The molecule has 1 aliphatic carbocycles. The highest BCUT2D eigenvalue weighted by Crippen LogP contribution is 2.36. The lowest BCUT2D eigenvalue weighted by atomic mass is 9.77. The van der Waals surface area contributed by atoms with Crippen molar-refractivity contribution < 1.29 is 0 Å². The van der Waals surface area contributed by atoms with Crippen molar-refractivity contribution in [2.24, 2.45) is 11.7 Å². The Morgan fingerprint density at radius 1 is 1.43 bits per heavy atom. The lowest BCUT2D eigenvalue weighted by molar-refractivity contribution is 0.264. The highest BCUT2D eigenvalue weighted by molar-refractivity contribution is 5.26. The molecule has 1 aromatic carbocycles. The molecule has 14 heavy (non-hydrogen) atoms. The van der Waals surface area contributed by atoms with Gasteiger partial charge < -0.3 is 5.73 Å². The first kappa shape index (κ1) is 9.72. The normalized spacial score (nSPS) is 19.0. The van der Waals surface area contributed by atoms with Crippen LogP contribution in [0.5, 0.6) is 0 Å². The standard InChI is InChI=1S/C13H19N/c1-2-10-5-3-8-12(9-10)13(14)11-6-4-7-11/h3,5,8-9,11,13H,2,4,6-7,14H2,1H3. The van der Waals surface area contributed by atoms with E-state index in [-0.39, 0.29) is 6.04 Å². The number of benzene rings is 1. The van der Waals surface area contributed by atoms with Crippen LogP contribution in [0.1, 0.15) is 43.4 Å². The van der Waals surface area contributed by atoms with E-state index in [2.05, 4.69) is 31.2 Å². The molecule has 1 saturated carbocycles. The molecule has 2 rings (SSSR count). The van der Waals surface area contributed by atoms with E-state index in [0.717, 1.165) is 12.3 Å². The van der Waals surface area contributed by atoms with Crippen LogP contribution in [0.15, 0.2) is 24.3 Å². The van der Waals surface area contributed by atoms with Gasteiger partial charge in [-0.25, -0.2) is 0 Å². The Labute approximate surface area is 86.3 Å². The molecule has 0 radical (unpaired) electrons. The fraction of sp³-hybridized carbons (Fsp3) is 0.538. The molecule has 1 fully saturated rings. The predicted molar refractivity (Wildman–Crippen MR) is 60.1 cm³/mol. The molecule has 1 atom stereocenters. The van der Waals surface area contributed by atoms with Gasteiger partial charge >= 0.3 is 0 Å². The third kappa shape index (κ3) is 1.83. The van der Waals surface area contributed by atoms with E-state index in [9.17, 15) is 0 Å².